The number of ketones is 1. The summed E-state index contributed by atoms with van der Waals surface area (Å²) in [5, 5.41) is 0. The van der Waals surface area contributed by atoms with Gasteiger partial charge in [0.25, 0.3) is 0 Å². The van der Waals surface area contributed by atoms with Crippen LogP contribution in [-0.2, 0) is 11.3 Å². The van der Waals surface area contributed by atoms with Crippen LogP contribution in [0.15, 0.2) is 47.7 Å². The Kier molecular flexibility index (Phi) is 5.29. The van der Waals surface area contributed by atoms with Crippen molar-refractivity contribution >= 4 is 28.5 Å². The lowest BCUT2D eigenvalue weighted by atomic mass is 9.97. The molecule has 2 aliphatic rings. The number of pyridine rings is 1. The number of piperidine rings is 1. The standard InChI is InChI=1S/C25H25N7O3/c1-15-11-17(12-16-6-10-35-30-22(15)16)23(33)19-13-21(28-14-27-19)31-8-4-18(5-9-31)32-20-3-2-7-26-24(20)29-25(32)34/h2-3,7,11-14,18,30H,4-6,8-10H2,1H3,(H,26,29,34). The third-order valence-corrected chi connectivity index (χ3v) is 6.86. The van der Waals surface area contributed by atoms with Crippen molar-refractivity contribution in [3.05, 3.63) is 75.7 Å². The van der Waals surface area contributed by atoms with Crippen molar-refractivity contribution in [2.75, 3.05) is 30.1 Å². The number of imidazole rings is 1. The van der Waals surface area contributed by atoms with Gasteiger partial charge in [0.05, 0.1) is 17.8 Å². The van der Waals surface area contributed by atoms with E-state index in [9.17, 15) is 9.59 Å². The monoisotopic (exact) mass is 471 g/mol. The molecule has 2 aliphatic heterocycles. The van der Waals surface area contributed by atoms with E-state index >= 15 is 0 Å². The van der Waals surface area contributed by atoms with Crippen LogP contribution >= 0.6 is 0 Å². The second-order valence-electron chi connectivity index (χ2n) is 9.01. The summed E-state index contributed by atoms with van der Waals surface area (Å²) in [6.45, 7) is 3.97. The van der Waals surface area contributed by atoms with Crippen molar-refractivity contribution in [3.8, 4) is 0 Å². The number of aryl methyl sites for hydroxylation is 1. The fraction of sp³-hybridized carbons (Fsp3) is 0.320. The molecule has 1 fully saturated rings. The molecule has 0 spiro atoms. The van der Waals surface area contributed by atoms with E-state index in [0.717, 1.165) is 60.5 Å². The first-order valence-corrected chi connectivity index (χ1v) is 11.8. The maximum atomic E-state index is 13.3. The van der Waals surface area contributed by atoms with Crippen molar-refractivity contribution in [2.24, 2.45) is 0 Å². The zero-order valence-electron chi connectivity index (χ0n) is 19.3. The molecule has 0 saturated carbocycles. The number of nitrogens with zero attached hydrogens (tertiary/aromatic N) is 5. The largest absolute Gasteiger partial charge is 0.356 e. The number of benzene rings is 1. The molecule has 2 N–H and O–H groups in total. The van der Waals surface area contributed by atoms with Gasteiger partial charge >= 0.3 is 5.69 Å². The number of H-pyrrole nitrogens is 1. The average Bonchev–Trinajstić information content (AvgIpc) is 3.24. The highest BCUT2D eigenvalue weighted by atomic mass is 16.6. The van der Waals surface area contributed by atoms with Crippen molar-refractivity contribution in [1.82, 2.24) is 24.5 Å². The van der Waals surface area contributed by atoms with Gasteiger partial charge in [-0.2, -0.15) is 0 Å². The van der Waals surface area contributed by atoms with Gasteiger partial charge in [-0.05, 0) is 55.2 Å². The SMILES string of the molecule is Cc1cc(C(=O)c2cc(N3CCC(n4c(=O)[nH]c5ncccc54)CC3)ncn2)cc2c1NOCC2. The molecule has 0 radical (unpaired) electrons. The highest BCUT2D eigenvalue weighted by molar-refractivity contribution is 6.08. The third kappa shape index (κ3) is 3.85. The van der Waals surface area contributed by atoms with Crippen LogP contribution in [-0.4, -0.2) is 50.0 Å². The molecule has 0 aliphatic carbocycles. The normalized spacial score (nSPS) is 16.2. The highest BCUT2D eigenvalue weighted by Crippen LogP contribution is 2.29. The van der Waals surface area contributed by atoms with Crippen molar-refractivity contribution < 1.29 is 9.63 Å². The lowest BCUT2D eigenvalue weighted by Crippen LogP contribution is -2.37. The van der Waals surface area contributed by atoms with Crippen molar-refractivity contribution in [1.29, 1.82) is 0 Å². The highest BCUT2D eigenvalue weighted by Gasteiger charge is 2.25. The second kappa shape index (κ2) is 8.62. The zero-order chi connectivity index (χ0) is 23.9. The summed E-state index contributed by atoms with van der Waals surface area (Å²) in [5.41, 5.74) is 8.20. The Morgan fingerprint density at radius 3 is 2.86 bits per heavy atom. The van der Waals surface area contributed by atoms with Crippen LogP contribution < -0.4 is 16.1 Å². The number of fused-ring (bicyclic) bond motifs is 2. The summed E-state index contributed by atoms with van der Waals surface area (Å²) >= 11 is 0. The van der Waals surface area contributed by atoms with Crippen LogP contribution in [0.25, 0.3) is 11.2 Å². The number of rotatable bonds is 4. The first-order valence-electron chi connectivity index (χ1n) is 11.8. The number of aromatic nitrogens is 5. The second-order valence-corrected chi connectivity index (χ2v) is 9.01. The molecule has 6 rings (SSSR count). The van der Waals surface area contributed by atoms with Gasteiger partial charge in [0.15, 0.2) is 5.65 Å². The minimum Gasteiger partial charge on any atom is -0.356 e. The molecule has 35 heavy (non-hydrogen) atoms. The quantitative estimate of drug-likeness (QED) is 0.436. The summed E-state index contributed by atoms with van der Waals surface area (Å²) in [6.07, 6.45) is 5.45. The molecule has 1 aromatic carbocycles. The number of hydrogen-bond acceptors (Lipinski definition) is 8. The smallest absolute Gasteiger partial charge is 0.327 e. The minimum absolute atomic E-state index is 0.0794. The Morgan fingerprint density at radius 2 is 2.00 bits per heavy atom. The van der Waals surface area contributed by atoms with Crippen LogP contribution in [0.2, 0.25) is 0 Å². The first-order chi connectivity index (χ1) is 17.1. The Bertz CT molecular complexity index is 1480. The van der Waals surface area contributed by atoms with Gasteiger partial charge < -0.3 is 4.90 Å². The first kappa shape index (κ1) is 21.5. The van der Waals surface area contributed by atoms with E-state index in [4.69, 9.17) is 4.84 Å². The molecule has 3 aromatic heterocycles. The van der Waals surface area contributed by atoms with Crippen LogP contribution in [0, 0.1) is 6.92 Å². The fourth-order valence-electron chi connectivity index (χ4n) is 5.08. The molecule has 10 nitrogen and oxygen atoms in total. The van der Waals surface area contributed by atoms with Gasteiger partial charge in [-0.15, -0.1) is 0 Å². The van der Waals surface area contributed by atoms with Gasteiger partial charge in [-0.25, -0.2) is 19.7 Å². The van der Waals surface area contributed by atoms with E-state index in [1.165, 1.54) is 6.33 Å². The minimum atomic E-state index is -0.130. The Balaban J connectivity index is 1.21. The maximum Gasteiger partial charge on any atom is 0.327 e. The fourth-order valence-corrected chi connectivity index (χ4v) is 5.08. The van der Waals surface area contributed by atoms with E-state index in [0.29, 0.717) is 23.5 Å². The van der Waals surface area contributed by atoms with Crippen LogP contribution in [0.3, 0.4) is 0 Å². The molecule has 0 amide bonds. The van der Waals surface area contributed by atoms with Gasteiger partial charge in [-0.3, -0.25) is 24.7 Å². The molecule has 1 saturated heterocycles. The molecule has 0 bridgehead atoms. The summed E-state index contributed by atoms with van der Waals surface area (Å²) in [6, 6.07) is 9.39. The number of carbonyl (C=O) groups excluding carboxylic acids is 1. The van der Waals surface area contributed by atoms with Crippen LogP contribution in [0.4, 0.5) is 11.5 Å². The number of nitrogens with one attached hydrogen (secondary N) is 2. The predicted octanol–water partition coefficient (Wildman–Crippen LogP) is 2.80. The molecular weight excluding hydrogens is 446 g/mol. The summed E-state index contributed by atoms with van der Waals surface area (Å²) in [4.78, 5) is 49.1. The van der Waals surface area contributed by atoms with Gasteiger partial charge in [0, 0.05) is 43.4 Å². The number of carbonyl (C=O) groups is 1. The Labute approximate surface area is 200 Å². The Hall–Kier alpha value is -4.05. The van der Waals surface area contributed by atoms with E-state index in [-0.39, 0.29) is 17.5 Å². The topological polar surface area (TPSA) is 118 Å². The molecule has 4 aromatic rings. The van der Waals surface area contributed by atoms with Crippen molar-refractivity contribution in [3.63, 3.8) is 0 Å². The molecule has 178 valence electrons. The van der Waals surface area contributed by atoms with Crippen LogP contribution in [0.1, 0.15) is 46.1 Å². The van der Waals surface area contributed by atoms with Gasteiger partial charge in [-0.1, -0.05) is 0 Å². The third-order valence-electron chi connectivity index (χ3n) is 6.86. The number of hydrogen-bond donors (Lipinski definition) is 2. The van der Waals surface area contributed by atoms with E-state index in [1.807, 2.05) is 35.8 Å². The van der Waals surface area contributed by atoms with Gasteiger partial charge in [0.1, 0.15) is 17.8 Å². The lowest BCUT2D eigenvalue weighted by Gasteiger charge is -2.33. The predicted molar refractivity (Wildman–Crippen MR) is 131 cm³/mol. The molecular formula is C25H25N7O3. The van der Waals surface area contributed by atoms with E-state index in [1.54, 1.807) is 12.3 Å². The lowest BCUT2D eigenvalue weighted by molar-refractivity contribution is 0.103. The zero-order valence-corrected chi connectivity index (χ0v) is 19.3. The van der Waals surface area contributed by atoms with Crippen molar-refractivity contribution in [2.45, 2.75) is 32.2 Å². The summed E-state index contributed by atoms with van der Waals surface area (Å²) < 4.78 is 1.81. The number of aromatic amines is 1. The van der Waals surface area contributed by atoms with E-state index in [2.05, 4.69) is 30.3 Å². The maximum absolute atomic E-state index is 13.3. The molecule has 0 unspecified atom stereocenters. The summed E-state index contributed by atoms with van der Waals surface area (Å²) in [7, 11) is 0. The summed E-state index contributed by atoms with van der Waals surface area (Å²) in [5.74, 6) is 0.596. The van der Waals surface area contributed by atoms with Crippen LogP contribution in [0.5, 0.6) is 0 Å². The van der Waals surface area contributed by atoms with Gasteiger partial charge in [0.2, 0.25) is 5.78 Å². The number of anilines is 2. The molecule has 10 heteroatoms. The Morgan fingerprint density at radius 1 is 1.14 bits per heavy atom. The average molecular weight is 472 g/mol. The molecule has 0 atom stereocenters. The molecule has 5 heterocycles. The van der Waals surface area contributed by atoms with E-state index < -0.39 is 0 Å².